The summed E-state index contributed by atoms with van der Waals surface area (Å²) in [4.78, 5) is 12.1. The predicted molar refractivity (Wildman–Crippen MR) is 81.7 cm³/mol. The van der Waals surface area contributed by atoms with Crippen molar-refractivity contribution >= 4 is 28.6 Å². The van der Waals surface area contributed by atoms with E-state index in [1.807, 2.05) is 31.2 Å². The molecular weight excluding hydrogens is 286 g/mol. The number of nitrogens with one attached hydrogen (secondary N) is 1. The van der Waals surface area contributed by atoms with Crippen molar-refractivity contribution in [3.63, 3.8) is 0 Å². The molecule has 2 heterocycles. The number of amidine groups is 1. The van der Waals surface area contributed by atoms with Gasteiger partial charge in [0, 0.05) is 11.3 Å². The Kier molecular flexibility index (Phi) is 3.49. The van der Waals surface area contributed by atoms with E-state index >= 15 is 0 Å². The fourth-order valence-corrected chi connectivity index (χ4v) is 2.85. The van der Waals surface area contributed by atoms with Crippen LogP contribution in [-0.2, 0) is 0 Å². The van der Waals surface area contributed by atoms with Gasteiger partial charge in [0.25, 0.3) is 0 Å². The van der Waals surface area contributed by atoms with Crippen LogP contribution in [-0.4, -0.2) is 26.0 Å². The van der Waals surface area contributed by atoms with Gasteiger partial charge in [-0.25, -0.2) is 9.97 Å². The summed E-state index contributed by atoms with van der Waals surface area (Å²) in [7, 11) is 0. The summed E-state index contributed by atoms with van der Waals surface area (Å²) >= 11 is 1.40. The quantitative estimate of drug-likeness (QED) is 0.298. The zero-order valence-corrected chi connectivity index (χ0v) is 12.1. The van der Waals surface area contributed by atoms with E-state index in [0.717, 1.165) is 26.9 Å². The second kappa shape index (κ2) is 5.45. The number of oxime groups is 1. The number of nitrogens with two attached hydrogens (primary N) is 1. The smallest absolute Gasteiger partial charge is 0.172 e. The molecule has 1 aromatic carbocycles. The molecule has 106 valence electrons. The first-order valence-corrected chi connectivity index (χ1v) is 7.06. The topological polar surface area (TPSA) is 100 Å². The Morgan fingerprint density at radius 1 is 1.29 bits per heavy atom. The van der Waals surface area contributed by atoms with Gasteiger partial charge in [-0.2, -0.15) is 0 Å². The molecule has 0 amide bonds. The summed E-state index contributed by atoms with van der Waals surface area (Å²) in [5.74, 6) is 0.0620. The Labute approximate surface area is 125 Å². The Bertz CT molecular complexity index is 794. The Hall–Kier alpha value is -2.54. The number of nitrogens with zero attached hydrogens (tertiary/aromatic N) is 3. The molecule has 7 heteroatoms. The molecule has 3 aromatic rings. The van der Waals surface area contributed by atoms with Crippen molar-refractivity contribution in [3.8, 4) is 0 Å². The Morgan fingerprint density at radius 3 is 2.86 bits per heavy atom. The molecule has 21 heavy (non-hydrogen) atoms. The van der Waals surface area contributed by atoms with Gasteiger partial charge >= 0.3 is 0 Å². The van der Waals surface area contributed by atoms with Gasteiger partial charge in [-0.3, -0.25) is 0 Å². The van der Waals surface area contributed by atoms with Crippen molar-refractivity contribution in [2.75, 3.05) is 0 Å². The third kappa shape index (κ3) is 2.82. The largest absolute Gasteiger partial charge is 0.409 e. The maximum Gasteiger partial charge on any atom is 0.172 e. The van der Waals surface area contributed by atoms with Crippen LogP contribution in [0.5, 0.6) is 0 Å². The summed E-state index contributed by atoms with van der Waals surface area (Å²) in [5, 5.41) is 13.3. The average molecular weight is 299 g/mol. The summed E-state index contributed by atoms with van der Waals surface area (Å²) < 4.78 is 0. The number of hydrogen-bond acceptors (Lipinski definition) is 5. The number of imidazole rings is 1. The Morgan fingerprint density at radius 2 is 2.10 bits per heavy atom. The number of aromatic amines is 1. The number of hydrogen-bond donors (Lipinski definition) is 3. The van der Waals surface area contributed by atoms with E-state index in [0.29, 0.717) is 5.56 Å². The standard InChI is InChI=1S/C14H13N5OS/c1-8-6-9(13(15)19-20)7-12(16-8)21-14-17-10-4-2-3-5-11(10)18-14/h2-7,20H,1H3,(H2,15,19)(H,17,18). The number of H-pyrrole nitrogens is 1. The van der Waals surface area contributed by atoms with Crippen LogP contribution in [0.1, 0.15) is 11.3 Å². The number of benzene rings is 1. The zero-order valence-electron chi connectivity index (χ0n) is 11.2. The number of pyridine rings is 1. The second-order valence-corrected chi connectivity index (χ2v) is 5.49. The van der Waals surface area contributed by atoms with E-state index in [4.69, 9.17) is 10.9 Å². The van der Waals surface area contributed by atoms with Crippen LogP contribution in [0.2, 0.25) is 0 Å². The highest BCUT2D eigenvalue weighted by atomic mass is 32.2. The van der Waals surface area contributed by atoms with Crippen molar-refractivity contribution in [2.24, 2.45) is 10.9 Å². The lowest BCUT2D eigenvalue weighted by Gasteiger charge is -2.04. The minimum atomic E-state index is 0.0620. The number of fused-ring (bicyclic) bond motifs is 1. The van der Waals surface area contributed by atoms with Crippen molar-refractivity contribution in [1.82, 2.24) is 15.0 Å². The highest BCUT2D eigenvalue weighted by Crippen LogP contribution is 2.26. The van der Waals surface area contributed by atoms with Crippen LogP contribution in [0.15, 0.2) is 51.7 Å². The number of para-hydroxylation sites is 2. The maximum absolute atomic E-state index is 8.77. The van der Waals surface area contributed by atoms with Crippen LogP contribution in [0, 0.1) is 6.92 Å². The highest BCUT2D eigenvalue weighted by molar-refractivity contribution is 7.99. The first-order chi connectivity index (χ1) is 10.2. The van der Waals surface area contributed by atoms with Crippen molar-refractivity contribution in [3.05, 3.63) is 47.7 Å². The molecule has 0 atom stereocenters. The van der Waals surface area contributed by atoms with E-state index in [9.17, 15) is 0 Å². The molecule has 0 aliphatic rings. The molecule has 0 radical (unpaired) electrons. The molecule has 0 unspecified atom stereocenters. The van der Waals surface area contributed by atoms with Crippen LogP contribution in [0.25, 0.3) is 11.0 Å². The molecule has 0 aliphatic carbocycles. The molecule has 2 aromatic heterocycles. The van der Waals surface area contributed by atoms with E-state index in [1.54, 1.807) is 12.1 Å². The zero-order chi connectivity index (χ0) is 14.8. The molecule has 0 spiro atoms. The monoisotopic (exact) mass is 299 g/mol. The van der Waals surface area contributed by atoms with Gasteiger partial charge in [-0.05, 0) is 43.0 Å². The molecule has 6 nitrogen and oxygen atoms in total. The third-order valence-electron chi connectivity index (χ3n) is 2.90. The fraction of sp³-hybridized carbons (Fsp3) is 0.0714. The molecule has 0 saturated carbocycles. The molecule has 0 aliphatic heterocycles. The predicted octanol–water partition coefficient (Wildman–Crippen LogP) is 2.51. The van der Waals surface area contributed by atoms with Crippen molar-refractivity contribution in [1.29, 1.82) is 0 Å². The van der Waals surface area contributed by atoms with Crippen molar-refractivity contribution in [2.45, 2.75) is 17.1 Å². The Balaban J connectivity index is 1.95. The molecule has 0 fully saturated rings. The normalized spacial score (nSPS) is 12.0. The van der Waals surface area contributed by atoms with Gasteiger partial charge in [0.05, 0.1) is 11.0 Å². The molecule has 3 rings (SSSR count). The van der Waals surface area contributed by atoms with Gasteiger partial charge in [-0.15, -0.1) is 0 Å². The van der Waals surface area contributed by atoms with Gasteiger partial charge in [0.2, 0.25) is 0 Å². The molecule has 0 bridgehead atoms. The number of rotatable bonds is 3. The van der Waals surface area contributed by atoms with E-state index < -0.39 is 0 Å². The second-order valence-electron chi connectivity index (χ2n) is 4.48. The lowest BCUT2D eigenvalue weighted by atomic mass is 10.2. The first-order valence-electron chi connectivity index (χ1n) is 6.25. The van der Waals surface area contributed by atoms with Crippen LogP contribution in [0.3, 0.4) is 0 Å². The van der Waals surface area contributed by atoms with Gasteiger partial charge < -0.3 is 15.9 Å². The van der Waals surface area contributed by atoms with E-state index in [-0.39, 0.29) is 5.84 Å². The van der Waals surface area contributed by atoms with Gasteiger partial charge in [-0.1, -0.05) is 17.3 Å². The first kappa shape index (κ1) is 13.4. The fourth-order valence-electron chi connectivity index (χ4n) is 1.97. The van der Waals surface area contributed by atoms with Crippen LogP contribution >= 0.6 is 11.8 Å². The summed E-state index contributed by atoms with van der Waals surface area (Å²) in [5.41, 5.74) is 8.93. The SMILES string of the molecule is Cc1cc(/C(N)=N/O)cc(Sc2nc3ccccc3[nH]2)n1. The highest BCUT2D eigenvalue weighted by Gasteiger charge is 2.09. The molecule has 4 N–H and O–H groups in total. The minimum absolute atomic E-state index is 0.0620. The minimum Gasteiger partial charge on any atom is -0.409 e. The average Bonchev–Trinajstić information content (AvgIpc) is 2.87. The third-order valence-corrected chi connectivity index (χ3v) is 3.71. The summed E-state index contributed by atoms with van der Waals surface area (Å²) in [6.45, 7) is 1.86. The molecule has 0 saturated heterocycles. The molecular formula is C14H13N5OS. The summed E-state index contributed by atoms with van der Waals surface area (Å²) in [6, 6.07) is 11.3. The lowest BCUT2D eigenvalue weighted by molar-refractivity contribution is 0.318. The van der Waals surface area contributed by atoms with Crippen LogP contribution in [0.4, 0.5) is 0 Å². The van der Waals surface area contributed by atoms with Crippen molar-refractivity contribution < 1.29 is 5.21 Å². The lowest BCUT2D eigenvalue weighted by Crippen LogP contribution is -2.13. The van der Waals surface area contributed by atoms with E-state index in [1.165, 1.54) is 11.8 Å². The number of aryl methyl sites for hydroxylation is 1. The number of aromatic nitrogens is 3. The van der Waals surface area contributed by atoms with Crippen LogP contribution < -0.4 is 5.73 Å². The van der Waals surface area contributed by atoms with Gasteiger partial charge in [0.15, 0.2) is 11.0 Å². The summed E-state index contributed by atoms with van der Waals surface area (Å²) in [6.07, 6.45) is 0. The van der Waals surface area contributed by atoms with E-state index in [2.05, 4.69) is 20.1 Å². The van der Waals surface area contributed by atoms with Gasteiger partial charge in [0.1, 0.15) is 5.03 Å². The maximum atomic E-state index is 8.77.